The van der Waals surface area contributed by atoms with Gasteiger partial charge in [0.25, 0.3) is 0 Å². The molecular weight excluding hydrogens is 615 g/mol. The minimum absolute atomic E-state index is 0.0243. The number of aryl methyl sites for hydroxylation is 1. The average Bonchev–Trinajstić information content (AvgIpc) is 3.65. The fourth-order valence-electron chi connectivity index (χ4n) is 7.18. The standard InChI is InChI=1S/C29H28F3N7O3S2/c1-14-7-19-18(8-34-38-19)20(22(14)29(30,31)32)23-24-17(5-6-33-23)21-25(39-9-15-3-4-16(10-39)35-15)36-27(37-26(21)43-24)42-11-28(2)12-44(40,41)13-28/h5-8,15-16,35H,3-4,9-13H2,1-2H3,(H,34,38). The van der Waals surface area contributed by atoms with Crippen LogP contribution in [0.5, 0.6) is 6.01 Å². The lowest BCUT2D eigenvalue weighted by Crippen LogP contribution is -2.51. The Morgan fingerprint density at radius 1 is 1.16 bits per heavy atom. The van der Waals surface area contributed by atoms with E-state index in [4.69, 9.17) is 14.7 Å². The molecular formula is C29H28F3N7O3S2. The van der Waals surface area contributed by atoms with E-state index in [1.165, 1.54) is 36.7 Å². The van der Waals surface area contributed by atoms with Crippen LogP contribution in [0.4, 0.5) is 19.0 Å². The van der Waals surface area contributed by atoms with Crippen LogP contribution >= 0.6 is 11.3 Å². The van der Waals surface area contributed by atoms with Gasteiger partial charge in [-0.3, -0.25) is 10.1 Å². The van der Waals surface area contributed by atoms with Gasteiger partial charge in [0.15, 0.2) is 9.84 Å². The molecule has 0 radical (unpaired) electrons. The lowest BCUT2D eigenvalue weighted by Gasteiger charge is -2.37. The number of aromatic nitrogens is 5. The van der Waals surface area contributed by atoms with Crippen LogP contribution in [0.3, 0.4) is 0 Å². The van der Waals surface area contributed by atoms with Crippen LogP contribution in [0.2, 0.25) is 0 Å². The number of alkyl halides is 3. The number of aromatic amines is 1. The molecule has 0 aliphatic carbocycles. The number of benzene rings is 1. The van der Waals surface area contributed by atoms with E-state index in [1.54, 1.807) is 6.07 Å². The first-order chi connectivity index (χ1) is 20.9. The topological polar surface area (TPSA) is 126 Å². The van der Waals surface area contributed by atoms with Crippen LogP contribution < -0.4 is 15.0 Å². The number of hydrogen-bond acceptors (Lipinski definition) is 10. The van der Waals surface area contributed by atoms with Gasteiger partial charge in [-0.05, 0) is 37.5 Å². The molecule has 230 valence electrons. The highest BCUT2D eigenvalue weighted by molar-refractivity contribution is 7.92. The Kier molecular flexibility index (Phi) is 6.02. The molecule has 1 aromatic carbocycles. The number of H-pyrrole nitrogens is 1. The van der Waals surface area contributed by atoms with Crippen molar-refractivity contribution >= 4 is 58.2 Å². The number of rotatable bonds is 5. The summed E-state index contributed by atoms with van der Waals surface area (Å²) in [6.07, 6.45) is 0.424. The normalized spacial score (nSPS) is 22.6. The van der Waals surface area contributed by atoms with Gasteiger partial charge in [0, 0.05) is 53.1 Å². The molecule has 8 rings (SSSR count). The summed E-state index contributed by atoms with van der Waals surface area (Å²) < 4.78 is 74.1. The Hall–Kier alpha value is -3.56. The van der Waals surface area contributed by atoms with Gasteiger partial charge in [-0.2, -0.15) is 28.2 Å². The molecule has 3 fully saturated rings. The molecule has 15 heteroatoms. The minimum atomic E-state index is -4.62. The van der Waals surface area contributed by atoms with Crippen LogP contribution in [0.25, 0.3) is 42.5 Å². The van der Waals surface area contributed by atoms with Crippen LogP contribution in [0, 0.1) is 12.3 Å². The second-order valence-electron chi connectivity index (χ2n) is 12.6. The summed E-state index contributed by atoms with van der Waals surface area (Å²) >= 11 is 1.25. The van der Waals surface area contributed by atoms with E-state index in [1.807, 2.05) is 6.92 Å². The Balaban J connectivity index is 1.33. The monoisotopic (exact) mass is 643 g/mol. The molecule has 4 aromatic heterocycles. The molecule has 2 N–H and O–H groups in total. The Morgan fingerprint density at radius 3 is 2.61 bits per heavy atom. The first kappa shape index (κ1) is 28.0. The summed E-state index contributed by atoms with van der Waals surface area (Å²) in [5, 5.41) is 12.3. The minimum Gasteiger partial charge on any atom is -0.463 e. The van der Waals surface area contributed by atoms with Gasteiger partial charge in [0.2, 0.25) is 0 Å². The highest BCUT2D eigenvalue weighted by Crippen LogP contribution is 2.48. The van der Waals surface area contributed by atoms with Gasteiger partial charge in [-0.25, -0.2) is 8.42 Å². The summed E-state index contributed by atoms with van der Waals surface area (Å²) in [4.78, 5) is 16.9. The van der Waals surface area contributed by atoms with E-state index in [0.717, 1.165) is 31.3 Å². The van der Waals surface area contributed by atoms with Crippen molar-refractivity contribution in [1.82, 2.24) is 30.5 Å². The van der Waals surface area contributed by atoms with Crippen molar-refractivity contribution in [3.8, 4) is 17.3 Å². The number of pyridine rings is 1. The van der Waals surface area contributed by atoms with Gasteiger partial charge in [0.1, 0.15) is 10.6 Å². The van der Waals surface area contributed by atoms with Gasteiger partial charge < -0.3 is 15.0 Å². The Morgan fingerprint density at radius 2 is 1.91 bits per heavy atom. The van der Waals surface area contributed by atoms with Gasteiger partial charge in [-0.15, -0.1) is 11.3 Å². The summed E-state index contributed by atoms with van der Waals surface area (Å²) in [5.74, 6) is 0.732. The van der Waals surface area contributed by atoms with E-state index < -0.39 is 27.0 Å². The van der Waals surface area contributed by atoms with E-state index >= 15 is 0 Å². The van der Waals surface area contributed by atoms with Gasteiger partial charge >= 0.3 is 12.2 Å². The van der Waals surface area contributed by atoms with Crippen LogP contribution in [-0.4, -0.2) is 76.9 Å². The second-order valence-corrected chi connectivity index (χ2v) is 15.7. The van der Waals surface area contributed by atoms with Crippen molar-refractivity contribution in [3.05, 3.63) is 35.7 Å². The third-order valence-corrected chi connectivity index (χ3v) is 12.3. The quantitative estimate of drug-likeness (QED) is 0.276. The molecule has 3 saturated heterocycles. The largest absolute Gasteiger partial charge is 0.463 e. The number of anilines is 1. The van der Waals surface area contributed by atoms with Crippen molar-refractivity contribution in [2.45, 2.75) is 44.9 Å². The number of sulfone groups is 1. The number of nitrogens with zero attached hydrogens (tertiary/aromatic N) is 5. The second kappa shape index (κ2) is 9.47. The lowest BCUT2D eigenvalue weighted by molar-refractivity contribution is -0.137. The van der Waals surface area contributed by atoms with Crippen molar-refractivity contribution < 1.29 is 26.3 Å². The highest BCUT2D eigenvalue weighted by atomic mass is 32.2. The van der Waals surface area contributed by atoms with E-state index in [-0.39, 0.29) is 40.9 Å². The number of ether oxygens (including phenoxy) is 1. The molecule has 3 aliphatic heterocycles. The highest BCUT2D eigenvalue weighted by Gasteiger charge is 2.45. The number of halogens is 3. The molecule has 2 bridgehead atoms. The number of hydrogen-bond donors (Lipinski definition) is 2. The zero-order valence-corrected chi connectivity index (χ0v) is 25.5. The first-order valence-corrected chi connectivity index (χ1v) is 17.0. The molecule has 44 heavy (non-hydrogen) atoms. The summed E-state index contributed by atoms with van der Waals surface area (Å²) in [6, 6.07) is 3.99. The van der Waals surface area contributed by atoms with Gasteiger partial charge in [-0.1, -0.05) is 6.92 Å². The predicted octanol–water partition coefficient (Wildman–Crippen LogP) is 4.86. The fourth-order valence-corrected chi connectivity index (χ4v) is 10.5. The summed E-state index contributed by atoms with van der Waals surface area (Å²) in [7, 11) is -3.06. The fraction of sp³-hybridized carbons (Fsp3) is 0.448. The van der Waals surface area contributed by atoms with Gasteiger partial charge in [0.05, 0.1) is 51.2 Å². The number of thiophene rings is 1. The summed E-state index contributed by atoms with van der Waals surface area (Å²) in [6.45, 7) is 4.88. The van der Waals surface area contributed by atoms with E-state index in [9.17, 15) is 21.6 Å². The molecule has 0 amide bonds. The van der Waals surface area contributed by atoms with Crippen LogP contribution in [-0.2, 0) is 16.0 Å². The third kappa shape index (κ3) is 4.50. The van der Waals surface area contributed by atoms with Crippen molar-refractivity contribution in [1.29, 1.82) is 0 Å². The molecule has 3 aliphatic rings. The lowest BCUT2D eigenvalue weighted by atomic mass is 9.94. The smallest absolute Gasteiger partial charge is 0.417 e. The molecule has 10 nitrogen and oxygen atoms in total. The molecule has 5 aromatic rings. The average molecular weight is 644 g/mol. The number of fused-ring (bicyclic) bond motifs is 6. The van der Waals surface area contributed by atoms with E-state index in [2.05, 4.69) is 25.4 Å². The SMILES string of the molecule is Cc1cc2[nH]ncc2c(-c2nccc3c2sc2nc(OCC4(C)CS(=O)(=O)C4)nc(N4CC5CCC(C4)N5)c23)c1C(F)(F)F. The van der Waals surface area contributed by atoms with Crippen molar-refractivity contribution in [2.24, 2.45) is 5.41 Å². The number of nitrogens with one attached hydrogen (secondary N) is 2. The molecule has 0 saturated carbocycles. The maximum absolute atomic E-state index is 14.6. The van der Waals surface area contributed by atoms with Crippen LogP contribution in [0.15, 0.2) is 24.5 Å². The zero-order chi connectivity index (χ0) is 30.6. The van der Waals surface area contributed by atoms with Crippen molar-refractivity contribution in [2.75, 3.05) is 36.1 Å². The van der Waals surface area contributed by atoms with E-state index in [0.29, 0.717) is 43.7 Å². The predicted molar refractivity (Wildman–Crippen MR) is 162 cm³/mol. The summed E-state index contributed by atoms with van der Waals surface area (Å²) in [5.41, 5.74) is -0.538. The third-order valence-electron chi connectivity index (χ3n) is 8.87. The number of piperazine rings is 1. The maximum atomic E-state index is 14.6. The Bertz CT molecular complexity index is 2070. The van der Waals surface area contributed by atoms with Crippen LogP contribution in [0.1, 0.15) is 30.9 Å². The molecule has 0 spiro atoms. The zero-order valence-electron chi connectivity index (χ0n) is 23.8. The molecule has 7 heterocycles. The molecule has 2 atom stereocenters. The Labute approximate surface area is 254 Å². The first-order valence-electron chi connectivity index (χ1n) is 14.4. The maximum Gasteiger partial charge on any atom is 0.417 e. The van der Waals surface area contributed by atoms with Crippen molar-refractivity contribution in [3.63, 3.8) is 0 Å². The molecule has 2 unspecified atom stereocenters.